The number of fused-ring (bicyclic) bond motifs is 1. The van der Waals surface area contributed by atoms with Crippen molar-refractivity contribution in [2.45, 2.75) is 51.2 Å². The van der Waals surface area contributed by atoms with Gasteiger partial charge in [0.15, 0.2) is 0 Å². The lowest BCUT2D eigenvalue weighted by Crippen LogP contribution is -2.39. The minimum Gasteiger partial charge on any atom is -0.314 e. The highest BCUT2D eigenvalue weighted by Gasteiger charge is 2.15. The van der Waals surface area contributed by atoms with E-state index in [-0.39, 0.29) is 0 Å². The van der Waals surface area contributed by atoms with E-state index >= 15 is 0 Å². The highest BCUT2D eigenvalue weighted by molar-refractivity contribution is 5.85. The number of hydrogen-bond donors (Lipinski definition) is 2. The van der Waals surface area contributed by atoms with Gasteiger partial charge < -0.3 is 10.6 Å². The maximum absolute atomic E-state index is 3.70. The average molecular weight is 282 g/mol. The van der Waals surface area contributed by atoms with Gasteiger partial charge in [-0.3, -0.25) is 0 Å². The van der Waals surface area contributed by atoms with Crippen molar-refractivity contribution in [2.75, 3.05) is 6.54 Å². The number of benzene rings is 2. The molecule has 3 rings (SSSR count). The predicted molar refractivity (Wildman–Crippen MR) is 90.5 cm³/mol. The van der Waals surface area contributed by atoms with E-state index in [2.05, 4.69) is 60.0 Å². The molecule has 2 unspecified atom stereocenters. The van der Waals surface area contributed by atoms with Gasteiger partial charge in [-0.25, -0.2) is 0 Å². The summed E-state index contributed by atoms with van der Waals surface area (Å²) in [5.41, 5.74) is 1.40. The van der Waals surface area contributed by atoms with Gasteiger partial charge in [-0.2, -0.15) is 0 Å². The molecule has 112 valence electrons. The van der Waals surface area contributed by atoms with Crippen LogP contribution < -0.4 is 10.6 Å². The Morgan fingerprint density at radius 1 is 1.14 bits per heavy atom. The second-order valence-corrected chi connectivity index (χ2v) is 6.30. The van der Waals surface area contributed by atoms with Gasteiger partial charge in [-0.05, 0) is 49.1 Å². The van der Waals surface area contributed by atoms with E-state index in [9.17, 15) is 0 Å². The zero-order chi connectivity index (χ0) is 14.5. The maximum Gasteiger partial charge on any atom is 0.0214 e. The van der Waals surface area contributed by atoms with Crippen LogP contribution in [-0.2, 0) is 6.54 Å². The molecule has 0 amide bonds. The van der Waals surface area contributed by atoms with Crippen LogP contribution in [0.5, 0.6) is 0 Å². The topological polar surface area (TPSA) is 24.1 Å². The van der Waals surface area contributed by atoms with Crippen LogP contribution >= 0.6 is 0 Å². The smallest absolute Gasteiger partial charge is 0.0214 e. The lowest BCUT2D eigenvalue weighted by molar-refractivity contribution is 0.344. The molecule has 0 radical (unpaired) electrons. The van der Waals surface area contributed by atoms with E-state index in [1.807, 2.05) is 0 Å². The highest BCUT2D eigenvalue weighted by Crippen LogP contribution is 2.19. The van der Waals surface area contributed by atoms with Crippen LogP contribution in [0.1, 0.15) is 38.2 Å². The Labute approximate surface area is 127 Å². The quantitative estimate of drug-likeness (QED) is 0.870. The van der Waals surface area contributed by atoms with Gasteiger partial charge in [0.2, 0.25) is 0 Å². The summed E-state index contributed by atoms with van der Waals surface area (Å²) in [7, 11) is 0. The predicted octanol–water partition coefficient (Wildman–Crippen LogP) is 3.85. The van der Waals surface area contributed by atoms with Crippen molar-refractivity contribution in [2.24, 2.45) is 0 Å². The molecule has 2 aromatic rings. The molecule has 0 saturated carbocycles. The first-order valence-corrected chi connectivity index (χ1v) is 8.26. The Bertz CT molecular complexity index is 567. The van der Waals surface area contributed by atoms with Crippen LogP contribution in [-0.4, -0.2) is 18.6 Å². The summed E-state index contributed by atoms with van der Waals surface area (Å²) in [5.74, 6) is 0. The van der Waals surface area contributed by atoms with Gasteiger partial charge >= 0.3 is 0 Å². The lowest BCUT2D eigenvalue weighted by Gasteiger charge is -2.26. The van der Waals surface area contributed by atoms with Gasteiger partial charge in [0.05, 0.1) is 0 Å². The highest BCUT2D eigenvalue weighted by atomic mass is 15.0. The lowest BCUT2D eigenvalue weighted by atomic mass is 9.98. The van der Waals surface area contributed by atoms with Gasteiger partial charge in [0, 0.05) is 18.6 Å². The summed E-state index contributed by atoms with van der Waals surface area (Å²) in [6, 6.07) is 16.5. The summed E-state index contributed by atoms with van der Waals surface area (Å²) in [6.45, 7) is 4.46. The van der Waals surface area contributed by atoms with Gasteiger partial charge in [-0.15, -0.1) is 0 Å². The average Bonchev–Trinajstić information content (AvgIpc) is 2.54. The maximum atomic E-state index is 3.70. The molecule has 1 saturated heterocycles. The monoisotopic (exact) mass is 282 g/mol. The Kier molecular flexibility index (Phi) is 4.89. The fraction of sp³-hybridized carbons (Fsp3) is 0.474. The standard InChI is InChI=1S/C19H26N2/c1-15(13-18-10-4-5-12-20-18)21-14-17-9-6-8-16-7-2-3-11-19(16)17/h2-3,6-9,11,15,18,20-21H,4-5,10,12-14H2,1H3. The van der Waals surface area contributed by atoms with E-state index in [1.165, 1.54) is 48.6 Å². The molecule has 2 nitrogen and oxygen atoms in total. The van der Waals surface area contributed by atoms with Crippen LogP contribution in [0.25, 0.3) is 10.8 Å². The molecule has 1 fully saturated rings. The molecule has 1 aliphatic heterocycles. The molecule has 0 bridgehead atoms. The molecule has 0 aliphatic carbocycles. The van der Waals surface area contributed by atoms with E-state index in [0.29, 0.717) is 12.1 Å². The first kappa shape index (κ1) is 14.6. The van der Waals surface area contributed by atoms with Crippen LogP contribution in [0.3, 0.4) is 0 Å². The van der Waals surface area contributed by atoms with Gasteiger partial charge in [-0.1, -0.05) is 48.9 Å². The SMILES string of the molecule is CC(CC1CCCCN1)NCc1cccc2ccccc12. The number of piperidine rings is 1. The summed E-state index contributed by atoms with van der Waals surface area (Å²) in [6.07, 6.45) is 5.28. The van der Waals surface area contributed by atoms with Crippen molar-refractivity contribution in [3.05, 3.63) is 48.0 Å². The Hall–Kier alpha value is -1.38. The summed E-state index contributed by atoms with van der Waals surface area (Å²) in [5, 5.41) is 10.0. The third kappa shape index (κ3) is 3.84. The Balaban J connectivity index is 1.58. The second kappa shape index (κ2) is 7.06. The van der Waals surface area contributed by atoms with Crippen LogP contribution in [0.4, 0.5) is 0 Å². The van der Waals surface area contributed by atoms with Gasteiger partial charge in [0.25, 0.3) is 0 Å². The summed E-state index contributed by atoms with van der Waals surface area (Å²) < 4.78 is 0. The minimum absolute atomic E-state index is 0.555. The number of nitrogens with one attached hydrogen (secondary N) is 2. The molecule has 2 aromatic carbocycles. The van der Waals surface area contributed by atoms with Crippen molar-refractivity contribution in [1.29, 1.82) is 0 Å². The van der Waals surface area contributed by atoms with E-state index in [1.54, 1.807) is 0 Å². The molecule has 0 spiro atoms. The third-order valence-corrected chi connectivity index (χ3v) is 4.57. The third-order valence-electron chi connectivity index (χ3n) is 4.57. The molecule has 2 N–H and O–H groups in total. The van der Waals surface area contributed by atoms with Crippen molar-refractivity contribution in [3.63, 3.8) is 0 Å². The zero-order valence-corrected chi connectivity index (χ0v) is 12.9. The second-order valence-electron chi connectivity index (χ2n) is 6.30. The molecule has 2 heteroatoms. The minimum atomic E-state index is 0.555. The summed E-state index contributed by atoms with van der Waals surface area (Å²) in [4.78, 5) is 0. The van der Waals surface area contributed by atoms with Gasteiger partial charge in [0.1, 0.15) is 0 Å². The Morgan fingerprint density at radius 3 is 2.86 bits per heavy atom. The first-order chi connectivity index (χ1) is 10.3. The molecular weight excluding hydrogens is 256 g/mol. The Morgan fingerprint density at radius 2 is 2.00 bits per heavy atom. The van der Waals surface area contributed by atoms with Crippen molar-refractivity contribution >= 4 is 10.8 Å². The van der Waals surface area contributed by atoms with Crippen molar-refractivity contribution < 1.29 is 0 Å². The fourth-order valence-corrected chi connectivity index (χ4v) is 3.37. The fourth-order valence-electron chi connectivity index (χ4n) is 3.37. The van der Waals surface area contributed by atoms with Crippen molar-refractivity contribution in [1.82, 2.24) is 10.6 Å². The largest absolute Gasteiger partial charge is 0.314 e. The first-order valence-electron chi connectivity index (χ1n) is 8.26. The molecular formula is C19H26N2. The number of rotatable bonds is 5. The number of hydrogen-bond acceptors (Lipinski definition) is 2. The molecule has 21 heavy (non-hydrogen) atoms. The zero-order valence-electron chi connectivity index (χ0n) is 12.9. The molecule has 1 aliphatic rings. The van der Waals surface area contributed by atoms with E-state index in [0.717, 1.165) is 6.54 Å². The van der Waals surface area contributed by atoms with Crippen LogP contribution in [0.15, 0.2) is 42.5 Å². The molecule has 1 heterocycles. The van der Waals surface area contributed by atoms with E-state index < -0.39 is 0 Å². The molecule has 0 aromatic heterocycles. The molecule has 2 atom stereocenters. The van der Waals surface area contributed by atoms with Crippen LogP contribution in [0.2, 0.25) is 0 Å². The normalized spacial score (nSPS) is 20.5. The van der Waals surface area contributed by atoms with Crippen LogP contribution in [0, 0.1) is 0 Å². The van der Waals surface area contributed by atoms with E-state index in [4.69, 9.17) is 0 Å². The summed E-state index contributed by atoms with van der Waals surface area (Å²) >= 11 is 0. The van der Waals surface area contributed by atoms with Crippen molar-refractivity contribution in [3.8, 4) is 0 Å².